The summed E-state index contributed by atoms with van der Waals surface area (Å²) in [6.07, 6.45) is 5.16. The summed E-state index contributed by atoms with van der Waals surface area (Å²) in [5.74, 6) is 0.191. The van der Waals surface area contributed by atoms with E-state index in [9.17, 15) is 9.18 Å². The Hall–Kier alpha value is -1.38. The Morgan fingerprint density at radius 3 is 2.76 bits per heavy atom. The molecule has 1 aliphatic heterocycles. The quantitative estimate of drug-likeness (QED) is 0.412. The van der Waals surface area contributed by atoms with Crippen LogP contribution in [0.25, 0.3) is 0 Å². The van der Waals surface area contributed by atoms with Crippen molar-refractivity contribution in [3.05, 3.63) is 30.1 Å². The fourth-order valence-electron chi connectivity index (χ4n) is 3.54. The lowest BCUT2D eigenvalue weighted by Gasteiger charge is -2.38. The first-order valence-electron chi connectivity index (χ1n) is 8.69. The second-order valence-electron chi connectivity index (χ2n) is 6.75. The summed E-state index contributed by atoms with van der Waals surface area (Å²) in [7, 11) is 0. The van der Waals surface area contributed by atoms with Crippen LogP contribution < -0.4 is 10.6 Å². The van der Waals surface area contributed by atoms with Gasteiger partial charge in [0.25, 0.3) is 0 Å². The van der Waals surface area contributed by atoms with E-state index >= 15 is 0 Å². The predicted molar refractivity (Wildman–Crippen MR) is 109 cm³/mol. The van der Waals surface area contributed by atoms with Gasteiger partial charge < -0.3 is 15.5 Å². The smallest absolute Gasteiger partial charge is 0.246 e. The van der Waals surface area contributed by atoms with E-state index in [2.05, 4.69) is 20.5 Å². The average Bonchev–Trinajstić information content (AvgIpc) is 2.97. The largest absolute Gasteiger partial charge is 0.357 e. The molecule has 5 nitrogen and oxygen atoms in total. The SMILES string of the molecule is CCNC(=NCC(=O)Nc1cccc(F)c1)N1CCC2(CCC2)C1.I. The van der Waals surface area contributed by atoms with Gasteiger partial charge in [-0.2, -0.15) is 0 Å². The van der Waals surface area contributed by atoms with Gasteiger partial charge in [-0.25, -0.2) is 9.38 Å². The summed E-state index contributed by atoms with van der Waals surface area (Å²) < 4.78 is 13.2. The first kappa shape index (κ1) is 19.9. The first-order chi connectivity index (χ1) is 11.6. The molecule has 138 valence electrons. The van der Waals surface area contributed by atoms with Crippen LogP contribution in [0.1, 0.15) is 32.6 Å². The van der Waals surface area contributed by atoms with Crippen molar-refractivity contribution >= 4 is 41.5 Å². The highest BCUT2D eigenvalue weighted by atomic mass is 127. The molecule has 0 radical (unpaired) electrons. The van der Waals surface area contributed by atoms with Crippen LogP contribution in [0.4, 0.5) is 10.1 Å². The van der Waals surface area contributed by atoms with E-state index < -0.39 is 0 Å². The molecule has 25 heavy (non-hydrogen) atoms. The molecule has 1 aliphatic carbocycles. The highest BCUT2D eigenvalue weighted by molar-refractivity contribution is 14.0. The number of guanidine groups is 1. The molecule has 0 unspecified atom stereocenters. The lowest BCUT2D eigenvalue weighted by molar-refractivity contribution is -0.114. The van der Waals surface area contributed by atoms with Gasteiger partial charge in [-0.15, -0.1) is 24.0 Å². The highest BCUT2D eigenvalue weighted by Gasteiger charge is 2.43. The maximum Gasteiger partial charge on any atom is 0.246 e. The van der Waals surface area contributed by atoms with Crippen LogP contribution >= 0.6 is 24.0 Å². The number of hydrogen-bond acceptors (Lipinski definition) is 2. The van der Waals surface area contributed by atoms with Gasteiger partial charge >= 0.3 is 0 Å². The van der Waals surface area contributed by atoms with E-state index in [1.54, 1.807) is 12.1 Å². The standard InChI is InChI=1S/C18H25FN4O.HI/c1-2-20-17(23-10-9-18(13-23)7-4-8-18)21-12-16(24)22-15-6-3-5-14(19)11-15;/h3,5-6,11H,2,4,7-10,12-13H2,1H3,(H,20,21)(H,22,24);1H. The molecule has 2 N–H and O–H groups in total. The van der Waals surface area contributed by atoms with Crippen molar-refractivity contribution in [2.24, 2.45) is 10.4 Å². The Morgan fingerprint density at radius 1 is 1.36 bits per heavy atom. The third-order valence-electron chi connectivity index (χ3n) is 4.97. The van der Waals surface area contributed by atoms with E-state index in [-0.39, 0.29) is 42.2 Å². The zero-order valence-electron chi connectivity index (χ0n) is 14.6. The number of rotatable bonds is 4. The normalized spacial score (nSPS) is 18.5. The molecule has 1 saturated carbocycles. The molecule has 1 spiro atoms. The second-order valence-corrected chi connectivity index (χ2v) is 6.75. The number of nitrogens with zero attached hydrogens (tertiary/aromatic N) is 2. The van der Waals surface area contributed by atoms with Gasteiger partial charge in [0.15, 0.2) is 5.96 Å². The number of halogens is 2. The Balaban J connectivity index is 0.00000225. The summed E-state index contributed by atoms with van der Waals surface area (Å²) in [5, 5.41) is 5.95. The molecule has 1 aromatic rings. The molecular weight excluding hydrogens is 434 g/mol. The van der Waals surface area contributed by atoms with Crippen molar-refractivity contribution in [2.45, 2.75) is 32.6 Å². The van der Waals surface area contributed by atoms with Crippen LogP contribution in [0.15, 0.2) is 29.3 Å². The Bertz CT molecular complexity index is 633. The molecule has 3 rings (SSSR count). The summed E-state index contributed by atoms with van der Waals surface area (Å²) in [6.45, 7) is 4.86. The van der Waals surface area contributed by atoms with Crippen LogP contribution in [0.3, 0.4) is 0 Å². The minimum absolute atomic E-state index is 0. The lowest BCUT2D eigenvalue weighted by atomic mass is 9.68. The van der Waals surface area contributed by atoms with Crippen LogP contribution in [0, 0.1) is 11.2 Å². The van der Waals surface area contributed by atoms with Gasteiger partial charge in [-0.3, -0.25) is 4.79 Å². The molecule has 7 heteroatoms. The van der Waals surface area contributed by atoms with Crippen LogP contribution in [0.2, 0.25) is 0 Å². The fourth-order valence-corrected chi connectivity index (χ4v) is 3.54. The molecule has 1 saturated heterocycles. The first-order valence-corrected chi connectivity index (χ1v) is 8.69. The van der Waals surface area contributed by atoms with Crippen LogP contribution in [0.5, 0.6) is 0 Å². The van der Waals surface area contributed by atoms with Crippen molar-refractivity contribution in [3.63, 3.8) is 0 Å². The third kappa shape index (κ3) is 5.05. The van der Waals surface area contributed by atoms with Crippen molar-refractivity contribution in [1.29, 1.82) is 0 Å². The number of carbonyl (C=O) groups excluding carboxylic acids is 1. The lowest BCUT2D eigenvalue weighted by Crippen LogP contribution is -2.43. The van der Waals surface area contributed by atoms with Crippen LogP contribution in [-0.2, 0) is 4.79 Å². The molecule has 2 aliphatic rings. The minimum atomic E-state index is -0.368. The third-order valence-corrected chi connectivity index (χ3v) is 4.97. The molecule has 0 atom stereocenters. The van der Waals surface area contributed by atoms with Gasteiger partial charge in [0, 0.05) is 25.3 Å². The van der Waals surface area contributed by atoms with Gasteiger partial charge in [-0.05, 0) is 49.8 Å². The van der Waals surface area contributed by atoms with Crippen molar-refractivity contribution in [2.75, 3.05) is 31.5 Å². The summed E-state index contributed by atoms with van der Waals surface area (Å²) in [6, 6.07) is 5.88. The maximum atomic E-state index is 13.2. The van der Waals surface area contributed by atoms with Crippen molar-refractivity contribution < 1.29 is 9.18 Å². The molecule has 1 heterocycles. The molecule has 1 aromatic carbocycles. The van der Waals surface area contributed by atoms with E-state index in [0.29, 0.717) is 11.1 Å². The Labute approximate surface area is 165 Å². The second kappa shape index (κ2) is 8.82. The van der Waals surface area contributed by atoms with E-state index in [4.69, 9.17) is 0 Å². The van der Waals surface area contributed by atoms with Crippen LogP contribution in [-0.4, -0.2) is 42.9 Å². The van der Waals surface area contributed by atoms with E-state index in [1.165, 1.54) is 37.8 Å². The maximum absolute atomic E-state index is 13.2. The Morgan fingerprint density at radius 2 is 2.16 bits per heavy atom. The van der Waals surface area contributed by atoms with Gasteiger partial charge in [0.05, 0.1) is 0 Å². The molecule has 2 fully saturated rings. The average molecular weight is 460 g/mol. The molecule has 1 amide bonds. The van der Waals surface area contributed by atoms with Crippen molar-refractivity contribution in [3.8, 4) is 0 Å². The number of nitrogens with one attached hydrogen (secondary N) is 2. The number of amides is 1. The summed E-state index contributed by atoms with van der Waals surface area (Å²) >= 11 is 0. The molecular formula is C18H26FIN4O. The number of anilines is 1. The van der Waals surface area contributed by atoms with Crippen molar-refractivity contribution in [1.82, 2.24) is 10.2 Å². The predicted octanol–water partition coefficient (Wildman–Crippen LogP) is 3.22. The summed E-state index contributed by atoms with van der Waals surface area (Å²) in [4.78, 5) is 18.8. The summed E-state index contributed by atoms with van der Waals surface area (Å²) in [5.41, 5.74) is 0.940. The highest BCUT2D eigenvalue weighted by Crippen LogP contribution is 2.47. The monoisotopic (exact) mass is 460 g/mol. The van der Waals surface area contributed by atoms with Gasteiger partial charge in [0.2, 0.25) is 5.91 Å². The van der Waals surface area contributed by atoms with Gasteiger partial charge in [-0.1, -0.05) is 12.5 Å². The number of carbonyl (C=O) groups is 1. The number of likely N-dealkylation sites (tertiary alicyclic amines) is 1. The Kier molecular flexibility index (Phi) is 7.04. The minimum Gasteiger partial charge on any atom is -0.357 e. The zero-order chi connectivity index (χ0) is 17.0. The van der Waals surface area contributed by atoms with E-state index in [1.807, 2.05) is 6.92 Å². The zero-order valence-corrected chi connectivity index (χ0v) is 16.9. The molecule has 0 bridgehead atoms. The topological polar surface area (TPSA) is 56.7 Å². The number of benzene rings is 1. The fraction of sp³-hybridized carbons (Fsp3) is 0.556. The number of hydrogen-bond donors (Lipinski definition) is 2. The van der Waals surface area contributed by atoms with E-state index in [0.717, 1.165) is 25.6 Å². The number of aliphatic imine (C=N–C) groups is 1. The van der Waals surface area contributed by atoms with Gasteiger partial charge in [0.1, 0.15) is 12.4 Å². The molecule has 0 aromatic heterocycles.